The Morgan fingerprint density at radius 2 is 0.701 bits per heavy atom. The lowest BCUT2D eigenvalue weighted by atomic mass is 9.88. The highest BCUT2D eigenvalue weighted by Crippen LogP contribution is 2.46. The van der Waals surface area contributed by atoms with Crippen molar-refractivity contribution >= 4 is 58.4 Å². The number of rotatable bonds is 9. The van der Waals surface area contributed by atoms with Gasteiger partial charge in [0, 0.05) is 0 Å². The molecule has 0 saturated heterocycles. The van der Waals surface area contributed by atoms with Crippen molar-refractivity contribution in [1.82, 2.24) is 0 Å². The van der Waals surface area contributed by atoms with Crippen LogP contribution in [0.1, 0.15) is 61.2 Å². The average Bonchev–Trinajstić information content (AvgIpc) is 3.50. The van der Waals surface area contributed by atoms with E-state index in [0.29, 0.717) is 0 Å². The Morgan fingerprint density at radius 1 is 0.299 bits per heavy atom. The van der Waals surface area contributed by atoms with Gasteiger partial charge in [0.2, 0.25) is 0 Å². The molecule has 67 heavy (non-hydrogen) atoms. The van der Waals surface area contributed by atoms with Crippen LogP contribution < -0.4 is 0 Å². The molecule has 0 nitrogen and oxygen atoms in total. The molecule has 0 radical (unpaired) electrons. The molecular formula is C67H48. The molecule has 1 aliphatic carbocycles. The predicted octanol–water partition coefficient (Wildman–Crippen LogP) is 18.0. The zero-order valence-electron chi connectivity index (χ0n) is 37.5. The van der Waals surface area contributed by atoms with Crippen LogP contribution in [-0.2, 0) is 0 Å². The maximum atomic E-state index is 2.35. The second-order valence-electron chi connectivity index (χ2n) is 17.3. The Bertz CT molecular complexity index is 3470. The molecule has 0 saturated carbocycles. The standard InChI is InChI=1S/C67H48/c1-47-17-5-6-20-55(47)58-23-9-14-28-63(58)66(52-18-3-2-4-19-52)45-50-35-31-48(32-36-50)39-41-53-43-44-54(57-22-8-7-21-56(53)57)42-40-49-33-37-51(38-34-49)46-67-64-29-15-12-26-61(64)59-24-10-11-25-60(59)62-27-13-16-30-65(62)67/h2-46H,1H3/b41-39-,42-40-,66-45-. The Balaban J connectivity index is 0.843. The molecule has 0 unspecified atom stereocenters. The number of hydrogen-bond acceptors (Lipinski definition) is 0. The van der Waals surface area contributed by atoms with Gasteiger partial charge >= 0.3 is 0 Å². The lowest BCUT2D eigenvalue weighted by molar-refractivity contribution is 1.44. The van der Waals surface area contributed by atoms with Crippen LogP contribution in [0.2, 0.25) is 0 Å². The van der Waals surface area contributed by atoms with Crippen molar-refractivity contribution in [3.63, 3.8) is 0 Å². The Labute approximate surface area is 394 Å². The minimum atomic E-state index is 1.16. The van der Waals surface area contributed by atoms with E-state index in [4.69, 9.17) is 0 Å². The van der Waals surface area contributed by atoms with Crippen LogP contribution in [-0.4, -0.2) is 0 Å². The van der Waals surface area contributed by atoms with Gasteiger partial charge in [-0.1, -0.05) is 261 Å². The van der Waals surface area contributed by atoms with Gasteiger partial charge in [0.15, 0.2) is 0 Å². The summed E-state index contributed by atoms with van der Waals surface area (Å²) in [6.07, 6.45) is 13.6. The number of hydrogen-bond donors (Lipinski definition) is 0. The summed E-state index contributed by atoms with van der Waals surface area (Å²) >= 11 is 0. The van der Waals surface area contributed by atoms with E-state index >= 15 is 0 Å². The normalized spacial score (nSPS) is 12.2. The number of aryl methyl sites for hydroxylation is 1. The first-order valence-corrected chi connectivity index (χ1v) is 23.2. The second-order valence-corrected chi connectivity index (χ2v) is 17.3. The summed E-state index contributed by atoms with van der Waals surface area (Å²) in [6, 6.07) is 85.5. The smallest absolute Gasteiger partial charge is 0.00930 e. The summed E-state index contributed by atoms with van der Waals surface area (Å²) in [5.74, 6) is 0. The molecule has 0 bridgehead atoms. The fourth-order valence-corrected chi connectivity index (χ4v) is 9.67. The van der Waals surface area contributed by atoms with Crippen LogP contribution in [0.15, 0.2) is 237 Å². The Hall–Kier alpha value is -8.58. The molecule has 0 atom stereocenters. The van der Waals surface area contributed by atoms with Gasteiger partial charge in [-0.25, -0.2) is 0 Å². The summed E-state index contributed by atoms with van der Waals surface area (Å²) in [6.45, 7) is 2.19. The van der Waals surface area contributed by atoms with Crippen LogP contribution in [0, 0.1) is 6.92 Å². The first-order chi connectivity index (χ1) is 33.1. The van der Waals surface area contributed by atoms with Crippen molar-refractivity contribution < 1.29 is 0 Å². The highest BCUT2D eigenvalue weighted by Gasteiger charge is 2.22. The highest BCUT2D eigenvalue weighted by molar-refractivity contribution is 6.06. The minimum absolute atomic E-state index is 1.16. The van der Waals surface area contributed by atoms with Crippen molar-refractivity contribution in [2.75, 3.05) is 0 Å². The molecular weight excluding hydrogens is 805 g/mol. The molecule has 0 fully saturated rings. The van der Waals surface area contributed by atoms with E-state index in [1.165, 1.54) is 99.8 Å². The van der Waals surface area contributed by atoms with E-state index in [1.807, 2.05) is 0 Å². The maximum absolute atomic E-state index is 2.35. The van der Waals surface area contributed by atoms with Crippen LogP contribution in [0.3, 0.4) is 0 Å². The first kappa shape index (κ1) is 41.1. The zero-order valence-corrected chi connectivity index (χ0v) is 37.5. The fraction of sp³-hybridized carbons (Fsp3) is 0.0149. The van der Waals surface area contributed by atoms with Gasteiger partial charge in [-0.15, -0.1) is 0 Å². The van der Waals surface area contributed by atoms with Crippen LogP contribution >= 0.6 is 0 Å². The van der Waals surface area contributed by atoms with Gasteiger partial charge in [-0.3, -0.25) is 0 Å². The monoisotopic (exact) mass is 852 g/mol. The van der Waals surface area contributed by atoms with Crippen molar-refractivity contribution in [1.29, 1.82) is 0 Å². The van der Waals surface area contributed by atoms with E-state index < -0.39 is 0 Å². The molecule has 1 aliphatic rings. The van der Waals surface area contributed by atoms with Gasteiger partial charge in [-0.2, -0.15) is 0 Å². The van der Waals surface area contributed by atoms with Crippen molar-refractivity contribution in [3.8, 4) is 33.4 Å². The summed E-state index contributed by atoms with van der Waals surface area (Å²) in [7, 11) is 0. The molecule has 10 aromatic rings. The third kappa shape index (κ3) is 8.46. The van der Waals surface area contributed by atoms with Gasteiger partial charge in [0.1, 0.15) is 0 Å². The fourth-order valence-electron chi connectivity index (χ4n) is 9.67. The van der Waals surface area contributed by atoms with E-state index in [9.17, 15) is 0 Å². The van der Waals surface area contributed by atoms with Gasteiger partial charge in [0.25, 0.3) is 0 Å². The molecule has 0 spiro atoms. The molecule has 0 heteroatoms. The summed E-state index contributed by atoms with van der Waals surface area (Å²) in [5.41, 5.74) is 23.2. The van der Waals surface area contributed by atoms with Crippen LogP contribution in [0.5, 0.6) is 0 Å². The summed E-state index contributed by atoms with van der Waals surface area (Å²) in [5, 5.41) is 2.46. The van der Waals surface area contributed by atoms with E-state index in [-0.39, 0.29) is 0 Å². The van der Waals surface area contributed by atoms with Gasteiger partial charge in [0.05, 0.1) is 0 Å². The second kappa shape index (κ2) is 18.5. The Morgan fingerprint density at radius 3 is 1.24 bits per heavy atom. The third-order valence-corrected chi connectivity index (χ3v) is 13.1. The predicted molar refractivity (Wildman–Crippen MR) is 289 cm³/mol. The Kier molecular flexibility index (Phi) is 11.4. The average molecular weight is 853 g/mol. The highest BCUT2D eigenvalue weighted by atomic mass is 14.3. The minimum Gasteiger partial charge on any atom is -0.0622 e. The quantitative estimate of drug-likeness (QED) is 0.127. The number of benzene rings is 10. The summed E-state index contributed by atoms with van der Waals surface area (Å²) in [4.78, 5) is 0. The lowest BCUT2D eigenvalue weighted by Gasteiger charge is -2.16. The first-order valence-electron chi connectivity index (χ1n) is 23.2. The van der Waals surface area contributed by atoms with E-state index in [0.717, 1.165) is 16.7 Å². The van der Waals surface area contributed by atoms with Crippen molar-refractivity contribution in [2.45, 2.75) is 6.92 Å². The molecule has 0 amide bonds. The third-order valence-electron chi connectivity index (χ3n) is 13.1. The lowest BCUT2D eigenvalue weighted by Crippen LogP contribution is -1.94. The molecule has 0 heterocycles. The largest absolute Gasteiger partial charge is 0.0622 e. The number of fused-ring (bicyclic) bond motifs is 6. The molecule has 10 aromatic carbocycles. The van der Waals surface area contributed by atoms with Gasteiger partial charge < -0.3 is 0 Å². The van der Waals surface area contributed by atoms with Crippen LogP contribution in [0.4, 0.5) is 0 Å². The van der Waals surface area contributed by atoms with Gasteiger partial charge in [-0.05, 0) is 136 Å². The molecule has 0 N–H and O–H groups in total. The van der Waals surface area contributed by atoms with E-state index in [1.54, 1.807) is 0 Å². The van der Waals surface area contributed by atoms with Crippen molar-refractivity contribution in [2.24, 2.45) is 0 Å². The topological polar surface area (TPSA) is 0 Å². The molecule has 11 rings (SSSR count). The van der Waals surface area contributed by atoms with Crippen molar-refractivity contribution in [3.05, 3.63) is 298 Å². The SMILES string of the molecule is Cc1ccccc1-c1ccccc1/C(=C\c1ccc(/C=C\c2ccc(/C=C\c3ccc(C=C4c5ccccc5-c5ccccc5-c5ccccc54)cc3)c3ccccc23)cc1)c1ccccc1. The van der Waals surface area contributed by atoms with E-state index in [2.05, 4.69) is 280 Å². The molecule has 316 valence electrons. The molecule has 0 aliphatic heterocycles. The zero-order chi connectivity index (χ0) is 44.9. The van der Waals surface area contributed by atoms with Crippen LogP contribution in [0.25, 0.3) is 91.8 Å². The molecule has 0 aromatic heterocycles. The maximum Gasteiger partial charge on any atom is -0.00930 e. The summed E-state index contributed by atoms with van der Waals surface area (Å²) < 4.78 is 0.